The van der Waals surface area contributed by atoms with Gasteiger partial charge < -0.3 is 25.0 Å². The maximum Gasteiger partial charge on any atom is 0.307 e. The molecule has 0 bridgehead atoms. The van der Waals surface area contributed by atoms with E-state index in [0.717, 1.165) is 4.31 Å². The van der Waals surface area contributed by atoms with Gasteiger partial charge in [0, 0.05) is 12.6 Å². The molecule has 172 valence electrons. The lowest BCUT2D eigenvalue weighted by Crippen LogP contribution is -2.43. The molecule has 0 aromatic heterocycles. The fourth-order valence-corrected chi connectivity index (χ4v) is 5.26. The van der Waals surface area contributed by atoms with Crippen molar-refractivity contribution in [3.05, 3.63) is 42.0 Å². The molecular weight excluding hydrogens is 440 g/mol. The minimum Gasteiger partial charge on any atom is -0.506 e. The molecule has 1 atom stereocenters. The summed E-state index contributed by atoms with van der Waals surface area (Å²) in [5.74, 6) is -1.31. The van der Waals surface area contributed by atoms with Gasteiger partial charge in [-0.3, -0.25) is 9.59 Å². The van der Waals surface area contributed by atoms with Gasteiger partial charge >= 0.3 is 5.97 Å². The van der Waals surface area contributed by atoms with Crippen LogP contribution in [0.4, 0.5) is 5.69 Å². The number of carbonyl (C=O) groups is 2. The topological polar surface area (TPSA) is 142 Å². The van der Waals surface area contributed by atoms with Crippen molar-refractivity contribution in [2.75, 3.05) is 26.1 Å². The van der Waals surface area contributed by atoms with Crippen molar-refractivity contribution in [3.8, 4) is 17.2 Å². The smallest absolute Gasteiger partial charge is 0.307 e. The van der Waals surface area contributed by atoms with Gasteiger partial charge in [-0.15, -0.1) is 0 Å². The van der Waals surface area contributed by atoms with Crippen molar-refractivity contribution < 1.29 is 37.7 Å². The maximum atomic E-state index is 13.2. The van der Waals surface area contributed by atoms with Crippen LogP contribution in [0, 0.1) is 0 Å². The first-order valence-corrected chi connectivity index (χ1v) is 11.2. The fraction of sp³-hybridized carbons (Fsp3) is 0.333. The predicted octanol–water partition coefficient (Wildman–Crippen LogP) is 1.83. The highest BCUT2D eigenvalue weighted by Crippen LogP contribution is 2.34. The van der Waals surface area contributed by atoms with Crippen LogP contribution in [0.25, 0.3) is 0 Å². The molecule has 1 aliphatic heterocycles. The van der Waals surface area contributed by atoms with Crippen LogP contribution in [0.5, 0.6) is 17.2 Å². The lowest BCUT2D eigenvalue weighted by Gasteiger charge is -2.24. The van der Waals surface area contributed by atoms with Crippen LogP contribution in [0.1, 0.15) is 18.4 Å². The quantitative estimate of drug-likeness (QED) is 0.502. The van der Waals surface area contributed by atoms with Crippen LogP contribution in [-0.2, 0) is 26.0 Å². The van der Waals surface area contributed by atoms with Crippen molar-refractivity contribution in [1.82, 2.24) is 4.31 Å². The monoisotopic (exact) mass is 464 g/mol. The molecule has 2 aromatic rings. The van der Waals surface area contributed by atoms with Gasteiger partial charge in [0.05, 0.1) is 31.2 Å². The molecule has 1 saturated heterocycles. The Balaban J connectivity index is 1.85. The summed E-state index contributed by atoms with van der Waals surface area (Å²) in [6.45, 7) is 0.153. The summed E-state index contributed by atoms with van der Waals surface area (Å²) in [4.78, 5) is 23.8. The van der Waals surface area contributed by atoms with Crippen molar-refractivity contribution in [2.45, 2.75) is 30.2 Å². The number of carbonyl (C=O) groups excluding carboxylic acids is 1. The SMILES string of the molecule is COc1ccc(S(=O)(=O)N2CCCC2C(=O)Nc2cc(CC(=O)O)ccc2O)cc1OC. The zero-order valence-electron chi connectivity index (χ0n) is 17.6. The average molecular weight is 464 g/mol. The number of phenolic OH excluding ortho intramolecular Hbond substituents is 1. The highest BCUT2D eigenvalue weighted by molar-refractivity contribution is 7.89. The van der Waals surface area contributed by atoms with E-state index < -0.39 is 27.9 Å². The summed E-state index contributed by atoms with van der Waals surface area (Å²) in [5, 5.41) is 21.5. The minimum atomic E-state index is -4.02. The third-order valence-electron chi connectivity index (χ3n) is 5.14. The summed E-state index contributed by atoms with van der Waals surface area (Å²) >= 11 is 0. The number of carboxylic acids is 1. The second-order valence-electron chi connectivity index (χ2n) is 7.20. The number of hydrogen-bond donors (Lipinski definition) is 3. The number of nitrogens with zero attached hydrogens (tertiary/aromatic N) is 1. The van der Waals surface area contributed by atoms with Crippen molar-refractivity contribution in [2.24, 2.45) is 0 Å². The molecule has 10 nitrogen and oxygen atoms in total. The molecule has 3 rings (SSSR count). The third kappa shape index (κ3) is 4.78. The third-order valence-corrected chi connectivity index (χ3v) is 7.05. The molecule has 1 aliphatic rings. The highest BCUT2D eigenvalue weighted by atomic mass is 32.2. The normalized spacial score (nSPS) is 16.5. The van der Waals surface area contributed by atoms with Gasteiger partial charge in [0.25, 0.3) is 0 Å². The van der Waals surface area contributed by atoms with E-state index >= 15 is 0 Å². The molecule has 3 N–H and O–H groups in total. The van der Waals surface area contributed by atoms with Gasteiger partial charge in [-0.1, -0.05) is 6.07 Å². The fourth-order valence-electron chi connectivity index (χ4n) is 3.59. The van der Waals surface area contributed by atoms with Crippen molar-refractivity contribution >= 4 is 27.6 Å². The first-order valence-electron chi connectivity index (χ1n) is 9.75. The zero-order chi connectivity index (χ0) is 23.5. The Hall–Kier alpha value is -3.31. The van der Waals surface area contributed by atoms with Gasteiger partial charge in [0.2, 0.25) is 15.9 Å². The molecule has 2 aromatic carbocycles. The Morgan fingerprint density at radius 3 is 2.50 bits per heavy atom. The average Bonchev–Trinajstić information content (AvgIpc) is 3.26. The number of sulfonamides is 1. The lowest BCUT2D eigenvalue weighted by molar-refractivity contribution is -0.136. The molecule has 0 spiro atoms. The Morgan fingerprint density at radius 1 is 1.12 bits per heavy atom. The number of benzene rings is 2. The first-order chi connectivity index (χ1) is 15.2. The number of anilines is 1. The van der Waals surface area contributed by atoms with Crippen molar-refractivity contribution in [1.29, 1.82) is 0 Å². The Bertz CT molecular complexity index is 1130. The van der Waals surface area contributed by atoms with E-state index in [2.05, 4.69) is 5.32 Å². The van der Waals surface area contributed by atoms with E-state index in [1.807, 2.05) is 0 Å². The molecule has 0 radical (unpaired) electrons. The van der Waals surface area contributed by atoms with E-state index in [-0.39, 0.29) is 35.0 Å². The summed E-state index contributed by atoms with van der Waals surface area (Å²) in [7, 11) is -1.19. The van der Waals surface area contributed by atoms with E-state index in [9.17, 15) is 23.1 Å². The predicted molar refractivity (Wildman–Crippen MR) is 115 cm³/mol. The summed E-state index contributed by atoms with van der Waals surface area (Å²) < 4.78 is 37.9. The molecule has 1 amide bonds. The standard InChI is InChI=1S/C21H24N2O8S/c1-30-18-8-6-14(12-19(18)31-2)32(28,29)23-9-3-4-16(23)21(27)22-15-10-13(11-20(25)26)5-7-17(15)24/h5-8,10,12,16,24H,3-4,9,11H2,1-2H3,(H,22,27)(H,25,26). The molecule has 1 heterocycles. The maximum absolute atomic E-state index is 13.2. The molecular formula is C21H24N2O8S. The van der Waals surface area contributed by atoms with Crippen LogP contribution in [-0.4, -0.2) is 61.6 Å². The van der Waals surface area contributed by atoms with Gasteiger partial charge in [-0.25, -0.2) is 8.42 Å². The van der Waals surface area contributed by atoms with Gasteiger partial charge in [-0.05, 0) is 42.7 Å². The zero-order valence-corrected chi connectivity index (χ0v) is 18.4. The molecule has 1 unspecified atom stereocenters. The molecule has 0 saturated carbocycles. The molecule has 11 heteroatoms. The second-order valence-corrected chi connectivity index (χ2v) is 9.09. The number of hydrogen-bond acceptors (Lipinski definition) is 7. The Labute approximate surface area is 185 Å². The van der Waals surface area contributed by atoms with Crippen LogP contribution < -0.4 is 14.8 Å². The van der Waals surface area contributed by atoms with Crippen molar-refractivity contribution in [3.63, 3.8) is 0 Å². The van der Waals surface area contributed by atoms with Crippen LogP contribution >= 0.6 is 0 Å². The van der Waals surface area contributed by atoms with E-state index in [4.69, 9.17) is 14.6 Å². The number of aliphatic carboxylic acids is 1. The highest BCUT2D eigenvalue weighted by Gasteiger charge is 2.40. The number of phenols is 1. The second kappa shape index (κ2) is 9.45. The Morgan fingerprint density at radius 2 is 1.84 bits per heavy atom. The van der Waals surface area contributed by atoms with Crippen LogP contribution in [0.15, 0.2) is 41.3 Å². The van der Waals surface area contributed by atoms with E-state index in [0.29, 0.717) is 24.2 Å². The minimum absolute atomic E-state index is 0.0177. The number of aromatic hydroxyl groups is 1. The first kappa shape index (κ1) is 23.4. The summed E-state index contributed by atoms with van der Waals surface area (Å²) in [5.41, 5.74) is 0.399. The molecule has 1 fully saturated rings. The number of methoxy groups -OCH3 is 2. The summed E-state index contributed by atoms with van der Waals surface area (Å²) in [6.07, 6.45) is 0.496. The number of amides is 1. The number of ether oxygens (including phenoxy) is 2. The largest absolute Gasteiger partial charge is 0.506 e. The number of nitrogens with one attached hydrogen (secondary N) is 1. The van der Waals surface area contributed by atoms with E-state index in [1.165, 1.54) is 50.6 Å². The van der Waals surface area contributed by atoms with Gasteiger partial charge in [0.15, 0.2) is 11.5 Å². The van der Waals surface area contributed by atoms with Gasteiger partial charge in [0.1, 0.15) is 11.8 Å². The van der Waals surface area contributed by atoms with Crippen LogP contribution in [0.3, 0.4) is 0 Å². The Kier molecular flexibility index (Phi) is 6.90. The number of rotatable bonds is 8. The molecule has 0 aliphatic carbocycles. The van der Waals surface area contributed by atoms with Gasteiger partial charge in [-0.2, -0.15) is 4.31 Å². The number of carboxylic acid groups (broad SMARTS) is 1. The van der Waals surface area contributed by atoms with E-state index in [1.54, 1.807) is 0 Å². The summed E-state index contributed by atoms with van der Waals surface area (Å²) in [6, 6.07) is 7.26. The van der Waals surface area contributed by atoms with Crippen LogP contribution in [0.2, 0.25) is 0 Å². The molecule has 32 heavy (non-hydrogen) atoms. The lowest BCUT2D eigenvalue weighted by atomic mass is 10.1.